The van der Waals surface area contributed by atoms with Crippen LogP contribution in [0.15, 0.2) is 48.8 Å². The summed E-state index contributed by atoms with van der Waals surface area (Å²) in [5.74, 6) is 0.753. The first-order valence-electron chi connectivity index (χ1n) is 11.2. The van der Waals surface area contributed by atoms with Crippen LogP contribution in [0.2, 0.25) is 0 Å². The number of halogens is 1. The van der Waals surface area contributed by atoms with Crippen molar-refractivity contribution in [2.75, 3.05) is 25.0 Å². The molecule has 2 atom stereocenters. The second kappa shape index (κ2) is 8.51. The zero-order valence-electron chi connectivity index (χ0n) is 18.7. The fourth-order valence-corrected chi connectivity index (χ4v) is 4.86. The molecule has 3 heterocycles. The molecule has 1 N–H and O–H groups in total. The van der Waals surface area contributed by atoms with Gasteiger partial charge in [-0.25, -0.2) is 9.18 Å². The predicted molar refractivity (Wildman–Crippen MR) is 124 cm³/mol. The minimum Gasteiger partial charge on any atom is -0.465 e. The zero-order chi connectivity index (χ0) is 23.1. The summed E-state index contributed by atoms with van der Waals surface area (Å²) < 4.78 is 21.8. The molecule has 2 aromatic carbocycles. The van der Waals surface area contributed by atoms with Gasteiger partial charge in [0.25, 0.3) is 0 Å². The van der Waals surface area contributed by atoms with Gasteiger partial charge in [0.15, 0.2) is 0 Å². The topological polar surface area (TPSA) is 70.8 Å². The molecule has 1 amide bonds. The number of hydrogen-bond acceptors (Lipinski definition) is 4. The van der Waals surface area contributed by atoms with Crippen molar-refractivity contribution < 1.29 is 19.0 Å². The lowest BCUT2D eigenvalue weighted by Crippen LogP contribution is -2.41. The van der Waals surface area contributed by atoms with Crippen LogP contribution in [0.1, 0.15) is 31.4 Å². The molecule has 3 aromatic rings. The summed E-state index contributed by atoms with van der Waals surface area (Å²) in [5, 5.41) is 14.4. The molecule has 0 saturated carbocycles. The number of amides is 1. The van der Waals surface area contributed by atoms with Gasteiger partial charge < -0.3 is 14.7 Å². The largest absolute Gasteiger partial charge is 0.465 e. The van der Waals surface area contributed by atoms with E-state index in [2.05, 4.69) is 17.0 Å². The Hall–Kier alpha value is -3.39. The molecule has 0 radical (unpaired) electrons. The van der Waals surface area contributed by atoms with Crippen LogP contribution in [0.3, 0.4) is 0 Å². The average Bonchev–Trinajstić information content (AvgIpc) is 3.44. The monoisotopic (exact) mass is 450 g/mol. The number of likely N-dealkylation sites (tertiary alicyclic amines) is 1. The quantitative estimate of drug-likeness (QED) is 0.593. The lowest BCUT2D eigenvalue weighted by Gasteiger charge is -2.34. The first-order valence-corrected chi connectivity index (χ1v) is 11.2. The van der Waals surface area contributed by atoms with Gasteiger partial charge in [0.2, 0.25) is 0 Å². The van der Waals surface area contributed by atoms with Crippen molar-refractivity contribution in [1.29, 1.82) is 0 Å². The van der Waals surface area contributed by atoms with Gasteiger partial charge in [0.1, 0.15) is 17.3 Å². The van der Waals surface area contributed by atoms with Gasteiger partial charge in [0, 0.05) is 35.5 Å². The van der Waals surface area contributed by atoms with Gasteiger partial charge in [-0.15, -0.1) is 0 Å². The Balaban J connectivity index is 1.59. The number of likely N-dealkylation sites (N-methyl/N-ethyl adjacent to an activating group) is 1. The molecule has 5 rings (SSSR count). The molecule has 0 aliphatic carbocycles. The van der Waals surface area contributed by atoms with Crippen LogP contribution >= 0.6 is 0 Å². The van der Waals surface area contributed by atoms with E-state index in [1.807, 2.05) is 36.1 Å². The van der Waals surface area contributed by atoms with Gasteiger partial charge in [-0.3, -0.25) is 9.58 Å². The molecule has 1 aromatic heterocycles. The van der Waals surface area contributed by atoms with Crippen molar-refractivity contribution in [3.63, 3.8) is 0 Å². The van der Waals surface area contributed by atoms with E-state index in [0.29, 0.717) is 36.1 Å². The van der Waals surface area contributed by atoms with E-state index in [9.17, 15) is 14.3 Å². The Labute approximate surface area is 192 Å². The second-order valence-corrected chi connectivity index (χ2v) is 8.95. The summed E-state index contributed by atoms with van der Waals surface area (Å²) in [6, 6.07) is 9.82. The van der Waals surface area contributed by atoms with Crippen molar-refractivity contribution in [2.45, 2.75) is 38.3 Å². The first-order chi connectivity index (χ1) is 15.9. The van der Waals surface area contributed by atoms with Gasteiger partial charge in [-0.1, -0.05) is 0 Å². The lowest BCUT2D eigenvalue weighted by atomic mass is 9.92. The third kappa shape index (κ3) is 4.06. The van der Waals surface area contributed by atoms with Crippen LogP contribution in [0, 0.1) is 5.82 Å². The van der Waals surface area contributed by atoms with Crippen LogP contribution in [0.25, 0.3) is 11.1 Å². The van der Waals surface area contributed by atoms with Crippen LogP contribution < -0.4 is 9.64 Å². The first kappa shape index (κ1) is 21.5. The molecule has 2 aliphatic rings. The highest BCUT2D eigenvalue weighted by atomic mass is 19.1. The number of rotatable bonds is 4. The molecule has 0 bridgehead atoms. The summed E-state index contributed by atoms with van der Waals surface area (Å²) in [6.07, 6.45) is 5.30. The molecule has 2 unspecified atom stereocenters. The molecule has 8 heteroatoms. The zero-order valence-corrected chi connectivity index (χ0v) is 18.7. The van der Waals surface area contributed by atoms with Crippen molar-refractivity contribution >= 4 is 11.8 Å². The van der Waals surface area contributed by atoms with Crippen molar-refractivity contribution in [3.8, 4) is 22.6 Å². The molecule has 1 fully saturated rings. The maximum Gasteiger partial charge on any atom is 0.412 e. The molecule has 2 aliphatic heterocycles. The number of carboxylic acid groups (broad SMARTS) is 1. The maximum absolute atomic E-state index is 13.5. The fraction of sp³-hybridized carbons (Fsp3) is 0.360. The molecule has 172 valence electrons. The number of benzene rings is 2. The van der Waals surface area contributed by atoms with Crippen molar-refractivity contribution in [2.24, 2.45) is 0 Å². The van der Waals surface area contributed by atoms with Crippen LogP contribution in [-0.2, 0) is 6.42 Å². The van der Waals surface area contributed by atoms with Crippen LogP contribution in [0.5, 0.6) is 11.5 Å². The predicted octanol–water partition coefficient (Wildman–Crippen LogP) is 5.18. The number of anilines is 1. The Morgan fingerprint density at radius 1 is 1.18 bits per heavy atom. The van der Waals surface area contributed by atoms with E-state index >= 15 is 0 Å². The van der Waals surface area contributed by atoms with Crippen LogP contribution in [0.4, 0.5) is 14.9 Å². The van der Waals surface area contributed by atoms with Crippen LogP contribution in [-0.4, -0.2) is 52.1 Å². The lowest BCUT2D eigenvalue weighted by molar-refractivity contribution is 0.198. The Bertz CT molecular complexity index is 1180. The van der Waals surface area contributed by atoms with E-state index in [1.165, 1.54) is 17.0 Å². The minimum absolute atomic E-state index is 0.123. The number of aromatic nitrogens is 2. The number of hydrogen-bond donors (Lipinski definition) is 1. The minimum atomic E-state index is -0.984. The highest BCUT2D eigenvalue weighted by Gasteiger charge is 2.32. The van der Waals surface area contributed by atoms with Crippen molar-refractivity contribution in [3.05, 3.63) is 60.2 Å². The van der Waals surface area contributed by atoms with E-state index in [0.717, 1.165) is 36.2 Å². The average molecular weight is 451 g/mol. The van der Waals surface area contributed by atoms with E-state index in [-0.39, 0.29) is 11.9 Å². The Morgan fingerprint density at radius 2 is 1.97 bits per heavy atom. The number of fused-ring (bicyclic) bond motifs is 1. The smallest absolute Gasteiger partial charge is 0.412 e. The van der Waals surface area contributed by atoms with E-state index in [4.69, 9.17) is 4.74 Å². The summed E-state index contributed by atoms with van der Waals surface area (Å²) in [7, 11) is 2.11. The SMILES string of the molecule is CC1CCc2c(ccc(-c3cnn(C4CCN(C)C4)c3)c2Oc2ccc(F)cc2)N1C(=O)O. The van der Waals surface area contributed by atoms with Crippen molar-refractivity contribution in [1.82, 2.24) is 14.7 Å². The summed E-state index contributed by atoms with van der Waals surface area (Å²) in [4.78, 5) is 15.7. The summed E-state index contributed by atoms with van der Waals surface area (Å²) >= 11 is 0. The van der Waals surface area contributed by atoms with Gasteiger partial charge >= 0.3 is 6.09 Å². The highest BCUT2D eigenvalue weighted by molar-refractivity contribution is 5.91. The third-order valence-electron chi connectivity index (χ3n) is 6.64. The van der Waals surface area contributed by atoms with E-state index < -0.39 is 6.09 Å². The summed E-state index contributed by atoms with van der Waals surface area (Å²) in [6.45, 7) is 3.91. The molecule has 33 heavy (non-hydrogen) atoms. The third-order valence-corrected chi connectivity index (χ3v) is 6.64. The van der Waals surface area contributed by atoms with Gasteiger partial charge in [-0.05, 0) is 76.2 Å². The van der Waals surface area contributed by atoms with E-state index in [1.54, 1.807) is 12.1 Å². The molecular weight excluding hydrogens is 423 g/mol. The summed E-state index contributed by atoms with van der Waals surface area (Å²) in [5.41, 5.74) is 3.22. The normalized spacial score (nSPS) is 20.6. The number of ether oxygens (including phenoxy) is 1. The van der Waals surface area contributed by atoms with Gasteiger partial charge in [0.05, 0.1) is 17.9 Å². The fourth-order valence-electron chi connectivity index (χ4n) is 4.86. The second-order valence-electron chi connectivity index (χ2n) is 8.95. The number of carbonyl (C=O) groups is 1. The molecule has 0 spiro atoms. The molecule has 7 nitrogen and oxygen atoms in total. The number of nitrogens with zero attached hydrogens (tertiary/aromatic N) is 4. The molecular formula is C25H27FN4O3. The van der Waals surface area contributed by atoms with Gasteiger partial charge in [-0.2, -0.15) is 5.10 Å². The maximum atomic E-state index is 13.5. The highest BCUT2D eigenvalue weighted by Crippen LogP contribution is 2.44. The Morgan fingerprint density at radius 3 is 2.67 bits per heavy atom. The standard InChI is InChI=1S/C25H27FN4O3/c1-16-3-8-22-23(30(16)25(31)32)10-9-21(24(22)33-20-6-4-18(26)5-7-20)17-13-27-29(14-17)19-11-12-28(2)15-19/h4-7,9-10,13-14,16,19H,3,8,11-12,15H2,1-2H3,(H,31,32). The molecule has 1 saturated heterocycles. The Kier molecular flexibility index (Phi) is 5.54.